The largest absolute Gasteiger partial charge is 0.503 e. The molecule has 0 saturated heterocycles. The van der Waals surface area contributed by atoms with Gasteiger partial charge in [0.1, 0.15) is 10.9 Å². The van der Waals surface area contributed by atoms with Crippen LogP contribution in [0.3, 0.4) is 0 Å². The van der Waals surface area contributed by atoms with Gasteiger partial charge in [0, 0.05) is 11.1 Å². The third kappa shape index (κ3) is 2.30. The molecule has 0 unspecified atom stereocenters. The van der Waals surface area contributed by atoms with Crippen LogP contribution in [-0.4, -0.2) is 5.11 Å². The topological polar surface area (TPSA) is 20.2 Å². The molecule has 1 N–H and O–H groups in total. The lowest BCUT2D eigenvalue weighted by Gasteiger charge is -2.19. The first-order chi connectivity index (χ1) is 10.7. The zero-order chi connectivity index (χ0) is 15.1. The summed E-state index contributed by atoms with van der Waals surface area (Å²) >= 11 is 7.96. The lowest BCUT2D eigenvalue weighted by Crippen LogP contribution is -2.11. The summed E-state index contributed by atoms with van der Waals surface area (Å²) in [5.74, 6) is 0.296. The molecule has 108 valence electrons. The van der Waals surface area contributed by atoms with Crippen molar-refractivity contribution in [1.82, 2.24) is 0 Å². The van der Waals surface area contributed by atoms with E-state index in [9.17, 15) is 5.11 Å². The van der Waals surface area contributed by atoms with Crippen LogP contribution in [0, 0.1) is 0 Å². The van der Waals surface area contributed by atoms with Crippen molar-refractivity contribution in [3.8, 4) is 5.75 Å². The molecule has 1 aliphatic rings. The molecule has 1 aliphatic heterocycles. The summed E-state index contributed by atoms with van der Waals surface area (Å²) in [4.78, 5) is 5.84. The Labute approximate surface area is 141 Å². The van der Waals surface area contributed by atoms with Crippen molar-refractivity contribution >= 4 is 34.3 Å². The highest BCUT2D eigenvalue weighted by Crippen LogP contribution is 2.49. The molecule has 0 radical (unpaired) electrons. The number of phenols is 1. The molecule has 0 atom stereocenters. The molecule has 1 nitrogen and oxygen atoms in total. The van der Waals surface area contributed by atoms with Gasteiger partial charge in [0.25, 0.3) is 0 Å². The summed E-state index contributed by atoms with van der Waals surface area (Å²) in [6.45, 7) is 0. The Morgan fingerprint density at radius 2 is 1.36 bits per heavy atom. The van der Waals surface area contributed by atoms with Gasteiger partial charge in [-0.1, -0.05) is 47.6 Å². The molecule has 0 amide bonds. The van der Waals surface area contributed by atoms with E-state index in [2.05, 4.69) is 48.5 Å². The van der Waals surface area contributed by atoms with Crippen LogP contribution in [0.2, 0.25) is 5.02 Å². The number of benzene rings is 3. The number of hydrogen-bond donors (Lipinski definition) is 1. The molecule has 0 fully saturated rings. The summed E-state index contributed by atoms with van der Waals surface area (Å²) < 4.78 is 0. The van der Waals surface area contributed by atoms with Gasteiger partial charge in [-0.05, 0) is 36.4 Å². The van der Waals surface area contributed by atoms with E-state index in [0.29, 0.717) is 10.8 Å². The highest BCUT2D eigenvalue weighted by atomic mass is 35.5. The quantitative estimate of drug-likeness (QED) is 0.453. The number of fused-ring (bicyclic) bond motifs is 2. The highest BCUT2D eigenvalue weighted by molar-refractivity contribution is 8.04. The van der Waals surface area contributed by atoms with E-state index in [-0.39, 0.29) is 10.9 Å². The van der Waals surface area contributed by atoms with Crippen molar-refractivity contribution < 1.29 is 5.11 Å². The minimum atomic E-state index is -0.335. The van der Waals surface area contributed by atoms with Crippen molar-refractivity contribution in [1.29, 1.82) is 0 Å². The van der Waals surface area contributed by atoms with E-state index < -0.39 is 0 Å². The second-order valence-electron chi connectivity index (χ2n) is 4.91. The van der Waals surface area contributed by atoms with Crippen molar-refractivity contribution in [2.45, 2.75) is 24.5 Å². The van der Waals surface area contributed by atoms with E-state index in [0.717, 1.165) is 4.90 Å². The van der Waals surface area contributed by atoms with E-state index in [1.54, 1.807) is 23.9 Å². The van der Waals surface area contributed by atoms with Crippen molar-refractivity contribution in [3.63, 3.8) is 0 Å². The number of aromatic hydroxyl groups is 1. The molecule has 3 aromatic rings. The van der Waals surface area contributed by atoms with Crippen molar-refractivity contribution in [3.05, 3.63) is 71.8 Å². The predicted octanol–water partition coefficient (Wildman–Crippen LogP) is 5.61. The Hall–Kier alpha value is -1.55. The van der Waals surface area contributed by atoms with E-state index in [1.165, 1.54) is 19.6 Å². The molecule has 0 saturated carbocycles. The SMILES string of the molecule is Oc1ccc(Cl)cc1[S+]1c2ccccc2Sc2ccccc21. The zero-order valence-corrected chi connectivity index (χ0v) is 13.9. The summed E-state index contributed by atoms with van der Waals surface area (Å²) in [7, 11) is -0.335. The standard InChI is InChI=1S/C18H11ClOS2/c19-12-9-10-13(20)18(11-12)22-16-7-3-1-5-14(16)21-15-6-2-4-8-17(15)22/h1-11H/p+1. The van der Waals surface area contributed by atoms with Crippen LogP contribution in [0.5, 0.6) is 5.75 Å². The Balaban J connectivity index is 2.01. The van der Waals surface area contributed by atoms with Crippen LogP contribution in [0.15, 0.2) is 91.2 Å². The summed E-state index contributed by atoms with van der Waals surface area (Å²) in [5, 5.41) is 11.0. The van der Waals surface area contributed by atoms with E-state index in [4.69, 9.17) is 11.6 Å². The lowest BCUT2D eigenvalue weighted by atomic mass is 10.3. The maximum Gasteiger partial charge on any atom is 0.209 e. The minimum Gasteiger partial charge on any atom is -0.503 e. The van der Waals surface area contributed by atoms with Crippen LogP contribution in [0.4, 0.5) is 0 Å². The predicted molar refractivity (Wildman–Crippen MR) is 92.3 cm³/mol. The smallest absolute Gasteiger partial charge is 0.209 e. The first-order valence-electron chi connectivity index (χ1n) is 6.83. The second-order valence-corrected chi connectivity index (χ2v) is 8.37. The monoisotopic (exact) mass is 343 g/mol. The Bertz CT molecular complexity index is 818. The molecule has 0 aromatic heterocycles. The second kappa shape index (κ2) is 5.58. The average Bonchev–Trinajstić information content (AvgIpc) is 2.55. The fourth-order valence-corrected chi connectivity index (χ4v) is 6.59. The molecule has 3 aromatic carbocycles. The van der Waals surface area contributed by atoms with E-state index >= 15 is 0 Å². The Morgan fingerprint density at radius 1 is 0.773 bits per heavy atom. The molecule has 4 heteroatoms. The third-order valence-corrected chi connectivity index (χ3v) is 7.50. The number of halogens is 1. The maximum absolute atomic E-state index is 10.4. The summed E-state index contributed by atoms with van der Waals surface area (Å²) in [5.41, 5.74) is 0. The normalized spacial score (nSPS) is 13.5. The molecular weight excluding hydrogens is 332 g/mol. The van der Waals surface area contributed by atoms with Gasteiger partial charge < -0.3 is 5.11 Å². The molecule has 0 aliphatic carbocycles. The van der Waals surface area contributed by atoms with Gasteiger partial charge in [-0.3, -0.25) is 0 Å². The highest BCUT2D eigenvalue weighted by Gasteiger charge is 2.39. The van der Waals surface area contributed by atoms with E-state index in [1.807, 2.05) is 6.07 Å². The van der Waals surface area contributed by atoms with Crippen molar-refractivity contribution in [2.24, 2.45) is 0 Å². The van der Waals surface area contributed by atoms with Crippen molar-refractivity contribution in [2.75, 3.05) is 0 Å². The van der Waals surface area contributed by atoms with Gasteiger partial charge in [0.05, 0.1) is 9.79 Å². The molecule has 0 bridgehead atoms. The number of rotatable bonds is 1. The molecule has 1 heterocycles. The van der Waals surface area contributed by atoms with Crippen LogP contribution in [0.25, 0.3) is 0 Å². The Kier molecular flexibility index (Phi) is 3.57. The maximum atomic E-state index is 10.4. The molecular formula is C18H12ClOS2+. The first kappa shape index (κ1) is 14.1. The average molecular weight is 344 g/mol. The zero-order valence-electron chi connectivity index (χ0n) is 11.5. The number of hydrogen-bond acceptors (Lipinski definition) is 2. The summed E-state index contributed by atoms with van der Waals surface area (Å²) in [6, 6.07) is 22.0. The lowest BCUT2D eigenvalue weighted by molar-refractivity contribution is 0.462. The van der Waals surface area contributed by atoms with Gasteiger partial charge in [-0.2, -0.15) is 0 Å². The molecule has 0 spiro atoms. The summed E-state index contributed by atoms with van der Waals surface area (Å²) in [6.07, 6.45) is 0. The van der Waals surface area contributed by atoms with Gasteiger partial charge >= 0.3 is 0 Å². The molecule has 22 heavy (non-hydrogen) atoms. The van der Waals surface area contributed by atoms with Crippen LogP contribution in [0.1, 0.15) is 0 Å². The third-order valence-electron chi connectivity index (χ3n) is 3.50. The fourth-order valence-electron chi connectivity index (χ4n) is 2.53. The van der Waals surface area contributed by atoms with Crippen LogP contribution < -0.4 is 0 Å². The van der Waals surface area contributed by atoms with Crippen LogP contribution in [-0.2, 0) is 10.9 Å². The van der Waals surface area contributed by atoms with Crippen LogP contribution >= 0.6 is 23.4 Å². The minimum absolute atomic E-state index is 0.296. The van der Waals surface area contributed by atoms with Gasteiger partial charge in [0.2, 0.25) is 4.90 Å². The number of phenolic OH excluding ortho intramolecular Hbond substituents is 1. The fraction of sp³-hybridized carbons (Fsp3) is 0. The van der Waals surface area contributed by atoms with Gasteiger partial charge in [-0.15, -0.1) is 0 Å². The molecule has 4 rings (SSSR count). The Morgan fingerprint density at radius 3 is 2.00 bits per heavy atom. The van der Waals surface area contributed by atoms with Gasteiger partial charge in [-0.25, -0.2) is 0 Å². The van der Waals surface area contributed by atoms with Gasteiger partial charge in [0.15, 0.2) is 15.5 Å². The first-order valence-corrected chi connectivity index (χ1v) is 9.25.